The number of hydrogen-bond acceptors (Lipinski definition) is 4. The lowest BCUT2D eigenvalue weighted by Crippen LogP contribution is -2.69. The van der Waals surface area contributed by atoms with Gasteiger partial charge in [-0.05, 0) is 17.9 Å². The van der Waals surface area contributed by atoms with Gasteiger partial charge in [-0.3, -0.25) is 9.59 Å². The SMILES string of the molecule is CO[C@H]1C(=O)N2[C@@H](C(=O)c3ccccc3)C(C)=CS[C@H]12. The molecule has 1 saturated heterocycles. The first kappa shape index (κ1) is 13.4. The molecule has 2 aliphatic heterocycles. The van der Waals surface area contributed by atoms with Gasteiger partial charge in [0.05, 0.1) is 0 Å². The number of amides is 1. The zero-order chi connectivity index (χ0) is 14.3. The van der Waals surface area contributed by atoms with Crippen LogP contribution in [-0.2, 0) is 9.53 Å². The first-order valence-electron chi connectivity index (χ1n) is 6.41. The van der Waals surface area contributed by atoms with Gasteiger partial charge in [-0.25, -0.2) is 0 Å². The first-order chi connectivity index (χ1) is 9.65. The molecule has 20 heavy (non-hydrogen) atoms. The van der Waals surface area contributed by atoms with Crippen LogP contribution in [0.4, 0.5) is 0 Å². The third-order valence-corrected chi connectivity index (χ3v) is 4.96. The molecule has 3 rings (SSSR count). The molecule has 104 valence electrons. The molecule has 0 unspecified atom stereocenters. The van der Waals surface area contributed by atoms with E-state index in [4.69, 9.17) is 4.74 Å². The van der Waals surface area contributed by atoms with E-state index in [-0.39, 0.29) is 17.1 Å². The summed E-state index contributed by atoms with van der Waals surface area (Å²) in [5.74, 6) is -0.140. The highest BCUT2D eigenvalue weighted by atomic mass is 32.2. The predicted octanol–water partition coefficient (Wildman–Crippen LogP) is 2.07. The highest BCUT2D eigenvalue weighted by Gasteiger charge is 2.54. The van der Waals surface area contributed by atoms with Gasteiger partial charge in [0.15, 0.2) is 11.9 Å². The number of nitrogens with zero attached hydrogens (tertiary/aromatic N) is 1. The Hall–Kier alpha value is -1.59. The molecule has 5 heteroatoms. The van der Waals surface area contributed by atoms with Gasteiger partial charge in [-0.1, -0.05) is 30.3 Å². The molecular formula is C15H15NO3S. The summed E-state index contributed by atoms with van der Waals surface area (Å²) >= 11 is 1.54. The van der Waals surface area contributed by atoms with Crippen molar-refractivity contribution in [2.24, 2.45) is 0 Å². The minimum atomic E-state index is -0.498. The van der Waals surface area contributed by atoms with Gasteiger partial charge in [-0.2, -0.15) is 0 Å². The summed E-state index contributed by atoms with van der Waals surface area (Å²) in [6.07, 6.45) is -0.435. The highest BCUT2D eigenvalue weighted by Crippen LogP contribution is 2.41. The molecular weight excluding hydrogens is 274 g/mol. The monoisotopic (exact) mass is 289 g/mol. The molecule has 0 aliphatic carbocycles. The summed E-state index contributed by atoms with van der Waals surface area (Å²) in [7, 11) is 1.53. The number of carbonyl (C=O) groups is 2. The lowest BCUT2D eigenvalue weighted by molar-refractivity contribution is -0.163. The van der Waals surface area contributed by atoms with Crippen LogP contribution < -0.4 is 0 Å². The largest absolute Gasteiger partial charge is 0.368 e. The second-order valence-corrected chi connectivity index (χ2v) is 5.91. The third-order valence-electron chi connectivity index (χ3n) is 3.69. The maximum absolute atomic E-state index is 12.7. The fourth-order valence-electron chi connectivity index (χ4n) is 2.64. The molecule has 2 heterocycles. The molecule has 1 amide bonds. The Labute approximate surface area is 121 Å². The van der Waals surface area contributed by atoms with E-state index >= 15 is 0 Å². The van der Waals surface area contributed by atoms with Crippen molar-refractivity contribution in [2.45, 2.75) is 24.4 Å². The standard InChI is InChI=1S/C15H15NO3S/c1-9-8-20-15-13(19-2)14(18)16(15)11(9)12(17)10-6-4-3-5-7-10/h3-8,11,13,15H,1-2H3/t11-,13+,15-/m1/s1. The van der Waals surface area contributed by atoms with Gasteiger partial charge in [-0.15, -0.1) is 11.8 Å². The zero-order valence-electron chi connectivity index (χ0n) is 11.3. The molecule has 4 nitrogen and oxygen atoms in total. The lowest BCUT2D eigenvalue weighted by atomic mass is 9.93. The molecule has 1 aromatic rings. The number of rotatable bonds is 3. The third kappa shape index (κ3) is 1.89. The summed E-state index contributed by atoms with van der Waals surface area (Å²) in [5.41, 5.74) is 1.53. The maximum atomic E-state index is 12.7. The Morgan fingerprint density at radius 3 is 2.65 bits per heavy atom. The average Bonchev–Trinajstić information content (AvgIpc) is 2.48. The number of β-lactam (4-membered cyclic amide) rings is 1. The zero-order valence-corrected chi connectivity index (χ0v) is 12.1. The van der Waals surface area contributed by atoms with Crippen LogP contribution in [0.1, 0.15) is 17.3 Å². The van der Waals surface area contributed by atoms with E-state index in [2.05, 4.69) is 0 Å². The van der Waals surface area contributed by atoms with Crippen molar-refractivity contribution in [3.05, 3.63) is 46.9 Å². The Bertz CT molecular complexity index is 584. The number of ketones is 1. The molecule has 1 fully saturated rings. The number of Topliss-reactive ketones (excluding diaryl/α,β-unsaturated/α-hetero) is 1. The van der Waals surface area contributed by atoms with Crippen molar-refractivity contribution in [3.8, 4) is 0 Å². The molecule has 0 N–H and O–H groups in total. The quantitative estimate of drug-likeness (QED) is 0.631. The maximum Gasteiger partial charge on any atom is 0.256 e. The lowest BCUT2D eigenvalue weighted by Gasteiger charge is -2.51. The molecule has 2 aliphatic rings. The Balaban J connectivity index is 1.92. The average molecular weight is 289 g/mol. The van der Waals surface area contributed by atoms with Gasteiger partial charge in [0.25, 0.3) is 5.91 Å². The minimum Gasteiger partial charge on any atom is -0.368 e. The number of thioether (sulfide) groups is 1. The van der Waals surface area contributed by atoms with E-state index in [0.717, 1.165) is 5.57 Å². The molecule has 1 aromatic carbocycles. The van der Waals surface area contributed by atoms with E-state index in [1.165, 1.54) is 18.9 Å². The predicted molar refractivity (Wildman–Crippen MR) is 77.3 cm³/mol. The van der Waals surface area contributed by atoms with E-state index in [9.17, 15) is 9.59 Å². The molecule has 0 bridgehead atoms. The van der Waals surface area contributed by atoms with Crippen LogP contribution in [0.3, 0.4) is 0 Å². The number of ether oxygens (including phenoxy) is 1. The van der Waals surface area contributed by atoms with Gasteiger partial charge >= 0.3 is 0 Å². The topological polar surface area (TPSA) is 46.6 Å². The molecule has 3 atom stereocenters. The van der Waals surface area contributed by atoms with Crippen molar-refractivity contribution in [3.63, 3.8) is 0 Å². The summed E-state index contributed by atoms with van der Waals surface area (Å²) in [4.78, 5) is 26.4. The molecule has 0 radical (unpaired) electrons. The molecule has 0 saturated carbocycles. The Kier molecular flexibility index (Phi) is 3.40. The number of carbonyl (C=O) groups excluding carboxylic acids is 2. The number of methoxy groups -OCH3 is 1. The van der Waals surface area contributed by atoms with Gasteiger partial charge in [0, 0.05) is 12.7 Å². The fourth-order valence-corrected chi connectivity index (χ4v) is 3.85. The van der Waals surface area contributed by atoms with Crippen molar-refractivity contribution < 1.29 is 14.3 Å². The molecule has 0 aromatic heterocycles. The van der Waals surface area contributed by atoms with Crippen LogP contribution in [-0.4, -0.2) is 41.2 Å². The Morgan fingerprint density at radius 1 is 1.30 bits per heavy atom. The van der Waals surface area contributed by atoms with Crippen LogP contribution in [0.15, 0.2) is 41.3 Å². The summed E-state index contributed by atoms with van der Waals surface area (Å²) < 4.78 is 5.18. The van der Waals surface area contributed by atoms with Crippen molar-refractivity contribution in [1.82, 2.24) is 4.90 Å². The normalized spacial score (nSPS) is 28.5. The second-order valence-electron chi connectivity index (χ2n) is 4.92. The van der Waals surface area contributed by atoms with E-state index in [1.54, 1.807) is 17.0 Å². The molecule has 0 spiro atoms. The van der Waals surface area contributed by atoms with Crippen molar-refractivity contribution in [1.29, 1.82) is 0 Å². The van der Waals surface area contributed by atoms with Crippen LogP contribution in [0.25, 0.3) is 0 Å². The smallest absolute Gasteiger partial charge is 0.256 e. The first-order valence-corrected chi connectivity index (χ1v) is 7.36. The summed E-state index contributed by atoms with van der Waals surface area (Å²) in [6.45, 7) is 1.89. The summed E-state index contributed by atoms with van der Waals surface area (Å²) in [5, 5.41) is 1.87. The number of fused-ring (bicyclic) bond motifs is 1. The van der Waals surface area contributed by atoms with Crippen LogP contribution in [0, 0.1) is 0 Å². The van der Waals surface area contributed by atoms with Crippen LogP contribution in [0.5, 0.6) is 0 Å². The minimum absolute atomic E-state index is 0.0347. The van der Waals surface area contributed by atoms with E-state index < -0.39 is 12.1 Å². The van der Waals surface area contributed by atoms with Gasteiger partial charge in [0.2, 0.25) is 0 Å². The number of hydrogen-bond donors (Lipinski definition) is 0. The van der Waals surface area contributed by atoms with Gasteiger partial charge in [0.1, 0.15) is 11.4 Å². The fraction of sp³-hybridized carbons (Fsp3) is 0.333. The van der Waals surface area contributed by atoms with Gasteiger partial charge < -0.3 is 9.64 Å². The summed E-state index contributed by atoms with van der Waals surface area (Å²) in [6, 6.07) is 8.60. The van der Waals surface area contributed by atoms with Crippen molar-refractivity contribution >= 4 is 23.5 Å². The van der Waals surface area contributed by atoms with Crippen molar-refractivity contribution in [2.75, 3.05) is 7.11 Å². The van der Waals surface area contributed by atoms with Crippen LogP contribution >= 0.6 is 11.8 Å². The number of benzene rings is 1. The highest BCUT2D eigenvalue weighted by molar-refractivity contribution is 8.02. The Morgan fingerprint density at radius 2 is 2.00 bits per heavy atom. The van der Waals surface area contributed by atoms with E-state index in [0.29, 0.717) is 5.56 Å². The van der Waals surface area contributed by atoms with E-state index in [1.807, 2.05) is 30.5 Å². The van der Waals surface area contributed by atoms with Crippen LogP contribution in [0.2, 0.25) is 0 Å². The second kappa shape index (κ2) is 5.07.